The van der Waals surface area contributed by atoms with Gasteiger partial charge in [0.25, 0.3) is 0 Å². The van der Waals surface area contributed by atoms with E-state index >= 15 is 0 Å². The second-order valence-corrected chi connectivity index (χ2v) is 5.11. The lowest BCUT2D eigenvalue weighted by Gasteiger charge is -2.06. The summed E-state index contributed by atoms with van der Waals surface area (Å²) >= 11 is 7.38. The molecular formula is C11H12ClN5OS. The van der Waals surface area contributed by atoms with Crippen LogP contribution in [0.25, 0.3) is 0 Å². The predicted molar refractivity (Wildman–Crippen MR) is 72.3 cm³/mol. The van der Waals surface area contributed by atoms with Crippen molar-refractivity contribution in [1.29, 1.82) is 0 Å². The van der Waals surface area contributed by atoms with Gasteiger partial charge >= 0.3 is 0 Å². The van der Waals surface area contributed by atoms with Gasteiger partial charge in [0.2, 0.25) is 5.91 Å². The normalized spacial score (nSPS) is 10.7. The Hall–Kier alpha value is -1.60. The number of primary amides is 1. The summed E-state index contributed by atoms with van der Waals surface area (Å²) in [6, 6.07) is 1.50. The lowest BCUT2D eigenvalue weighted by atomic mass is 10.3. The molecule has 1 amide bonds. The first-order chi connectivity index (χ1) is 9.02. The van der Waals surface area contributed by atoms with Crippen LogP contribution in [0.4, 0.5) is 0 Å². The van der Waals surface area contributed by atoms with Gasteiger partial charge in [-0.15, -0.1) is 10.2 Å². The van der Waals surface area contributed by atoms with Crippen LogP contribution in [0.1, 0.15) is 23.1 Å². The number of rotatable bonds is 4. The first kappa shape index (κ1) is 13.8. The molecule has 2 aromatic heterocycles. The fourth-order valence-electron chi connectivity index (χ4n) is 1.52. The third-order valence-electron chi connectivity index (χ3n) is 2.50. The van der Waals surface area contributed by atoms with Gasteiger partial charge in [-0.2, -0.15) is 0 Å². The molecule has 0 saturated carbocycles. The molecule has 2 rings (SSSR count). The predicted octanol–water partition coefficient (Wildman–Crippen LogP) is 1.90. The summed E-state index contributed by atoms with van der Waals surface area (Å²) in [5, 5.41) is 9.71. The van der Waals surface area contributed by atoms with Gasteiger partial charge in [0.15, 0.2) is 5.16 Å². The summed E-state index contributed by atoms with van der Waals surface area (Å²) in [4.78, 5) is 15.1. The summed E-state index contributed by atoms with van der Waals surface area (Å²) in [5.41, 5.74) is 5.44. The molecule has 0 saturated heterocycles. The number of nitrogens with zero attached hydrogens (tertiary/aromatic N) is 4. The average molecular weight is 298 g/mol. The molecule has 8 heteroatoms. The summed E-state index contributed by atoms with van der Waals surface area (Å²) in [5.74, 6) is 0.272. The fourth-order valence-corrected chi connectivity index (χ4v) is 2.69. The standard InChI is InChI=1S/C11H12ClN5OS/c1-3-17-6(2)15-16-11(17)19-10-8(12)4-7(5-14-10)9(13)18/h4-5H,3H2,1-2H3,(H2,13,18). The molecule has 0 fully saturated rings. The molecule has 6 nitrogen and oxygen atoms in total. The average Bonchev–Trinajstić information content (AvgIpc) is 2.72. The first-order valence-corrected chi connectivity index (χ1v) is 6.75. The number of pyridine rings is 1. The Labute approximate surface area is 119 Å². The van der Waals surface area contributed by atoms with Crippen molar-refractivity contribution < 1.29 is 4.79 Å². The highest BCUT2D eigenvalue weighted by Gasteiger charge is 2.13. The number of halogens is 1. The summed E-state index contributed by atoms with van der Waals surface area (Å²) in [6.07, 6.45) is 1.40. The highest BCUT2D eigenvalue weighted by molar-refractivity contribution is 7.99. The van der Waals surface area contributed by atoms with Crippen LogP contribution in [0, 0.1) is 6.92 Å². The van der Waals surface area contributed by atoms with E-state index in [1.807, 2.05) is 18.4 Å². The number of aryl methyl sites for hydroxylation is 1. The van der Waals surface area contributed by atoms with Crippen molar-refractivity contribution in [3.63, 3.8) is 0 Å². The Bertz CT molecular complexity index is 628. The summed E-state index contributed by atoms with van der Waals surface area (Å²) in [6.45, 7) is 4.65. The Morgan fingerprint density at radius 2 is 2.26 bits per heavy atom. The van der Waals surface area contributed by atoms with Gasteiger partial charge in [-0.05, 0) is 31.7 Å². The molecule has 0 aliphatic heterocycles. The number of aromatic nitrogens is 4. The Morgan fingerprint density at radius 1 is 1.53 bits per heavy atom. The number of hydrogen-bond acceptors (Lipinski definition) is 5. The lowest BCUT2D eigenvalue weighted by molar-refractivity contribution is 0.1000. The van der Waals surface area contributed by atoms with Crippen molar-refractivity contribution in [2.75, 3.05) is 0 Å². The zero-order chi connectivity index (χ0) is 14.0. The largest absolute Gasteiger partial charge is 0.366 e. The third-order valence-corrected chi connectivity index (χ3v) is 3.90. The van der Waals surface area contributed by atoms with E-state index in [4.69, 9.17) is 17.3 Å². The minimum absolute atomic E-state index is 0.280. The van der Waals surface area contributed by atoms with E-state index in [-0.39, 0.29) is 5.56 Å². The Morgan fingerprint density at radius 3 is 2.84 bits per heavy atom. The molecule has 100 valence electrons. The monoisotopic (exact) mass is 297 g/mol. The number of hydrogen-bond donors (Lipinski definition) is 1. The van der Waals surface area contributed by atoms with Crippen molar-refractivity contribution in [1.82, 2.24) is 19.7 Å². The van der Waals surface area contributed by atoms with Crippen molar-refractivity contribution in [3.8, 4) is 0 Å². The maximum atomic E-state index is 11.0. The third kappa shape index (κ3) is 2.87. The molecule has 2 heterocycles. The van der Waals surface area contributed by atoms with E-state index in [2.05, 4.69) is 15.2 Å². The molecule has 0 aromatic carbocycles. The van der Waals surface area contributed by atoms with E-state index < -0.39 is 5.91 Å². The summed E-state index contributed by atoms with van der Waals surface area (Å²) in [7, 11) is 0. The van der Waals surface area contributed by atoms with Gasteiger partial charge in [-0.1, -0.05) is 11.6 Å². The zero-order valence-electron chi connectivity index (χ0n) is 10.4. The van der Waals surface area contributed by atoms with Crippen LogP contribution < -0.4 is 5.73 Å². The number of amides is 1. The molecule has 0 aliphatic rings. The van der Waals surface area contributed by atoms with Crippen molar-refractivity contribution in [2.45, 2.75) is 30.6 Å². The SMILES string of the molecule is CCn1c(C)nnc1Sc1ncc(C(N)=O)cc1Cl. The van der Waals surface area contributed by atoms with Crippen LogP contribution >= 0.6 is 23.4 Å². The van der Waals surface area contributed by atoms with E-state index in [0.29, 0.717) is 15.2 Å². The van der Waals surface area contributed by atoms with E-state index in [1.54, 1.807) is 0 Å². The topological polar surface area (TPSA) is 86.7 Å². The molecule has 2 N–H and O–H groups in total. The maximum absolute atomic E-state index is 11.0. The molecule has 0 unspecified atom stereocenters. The Balaban J connectivity index is 2.31. The van der Waals surface area contributed by atoms with Gasteiger partial charge < -0.3 is 10.3 Å². The second-order valence-electron chi connectivity index (χ2n) is 3.75. The first-order valence-electron chi connectivity index (χ1n) is 5.56. The quantitative estimate of drug-likeness (QED) is 0.931. The molecule has 0 bridgehead atoms. The van der Waals surface area contributed by atoms with Gasteiger partial charge in [-0.3, -0.25) is 4.79 Å². The maximum Gasteiger partial charge on any atom is 0.250 e. The highest BCUT2D eigenvalue weighted by atomic mass is 35.5. The number of carbonyl (C=O) groups excluding carboxylic acids is 1. The van der Waals surface area contributed by atoms with Gasteiger partial charge in [-0.25, -0.2) is 4.98 Å². The number of carbonyl (C=O) groups is 1. The molecule has 2 aromatic rings. The van der Waals surface area contributed by atoms with Gasteiger partial charge in [0, 0.05) is 12.7 Å². The molecular weight excluding hydrogens is 286 g/mol. The second kappa shape index (κ2) is 5.58. The van der Waals surface area contributed by atoms with Crippen LogP contribution in [-0.2, 0) is 6.54 Å². The molecule has 0 atom stereocenters. The molecule has 19 heavy (non-hydrogen) atoms. The Kier molecular flexibility index (Phi) is 4.06. The minimum atomic E-state index is -0.557. The van der Waals surface area contributed by atoms with Crippen molar-refractivity contribution in [3.05, 3.63) is 28.7 Å². The van der Waals surface area contributed by atoms with Gasteiger partial charge in [0.1, 0.15) is 10.9 Å². The van der Waals surface area contributed by atoms with E-state index in [0.717, 1.165) is 12.4 Å². The van der Waals surface area contributed by atoms with Crippen LogP contribution in [0.3, 0.4) is 0 Å². The highest BCUT2D eigenvalue weighted by Crippen LogP contribution is 2.31. The van der Waals surface area contributed by atoms with E-state index in [9.17, 15) is 4.79 Å². The molecule has 0 aliphatic carbocycles. The lowest BCUT2D eigenvalue weighted by Crippen LogP contribution is -2.11. The minimum Gasteiger partial charge on any atom is -0.366 e. The fraction of sp³-hybridized carbons (Fsp3) is 0.273. The van der Waals surface area contributed by atoms with Crippen LogP contribution in [0.2, 0.25) is 5.02 Å². The van der Waals surface area contributed by atoms with Crippen LogP contribution in [0.15, 0.2) is 22.4 Å². The zero-order valence-corrected chi connectivity index (χ0v) is 12.0. The van der Waals surface area contributed by atoms with Crippen LogP contribution in [0.5, 0.6) is 0 Å². The molecule has 0 radical (unpaired) electrons. The van der Waals surface area contributed by atoms with Crippen LogP contribution in [-0.4, -0.2) is 25.7 Å². The summed E-state index contributed by atoms with van der Waals surface area (Å²) < 4.78 is 1.95. The van der Waals surface area contributed by atoms with Gasteiger partial charge in [0.05, 0.1) is 10.6 Å². The van der Waals surface area contributed by atoms with Crippen molar-refractivity contribution in [2.24, 2.45) is 5.73 Å². The van der Waals surface area contributed by atoms with E-state index in [1.165, 1.54) is 24.0 Å². The van der Waals surface area contributed by atoms with Crippen molar-refractivity contribution >= 4 is 29.3 Å². The number of nitrogens with two attached hydrogens (primary N) is 1. The molecule has 0 spiro atoms. The smallest absolute Gasteiger partial charge is 0.250 e.